The maximum atomic E-state index is 12.4. The minimum atomic E-state index is -0.352. The van der Waals surface area contributed by atoms with E-state index < -0.39 is 0 Å². The Hall–Kier alpha value is -2.24. The van der Waals surface area contributed by atoms with E-state index >= 15 is 0 Å². The number of hydrogen-bond acceptors (Lipinski definition) is 4. The van der Waals surface area contributed by atoms with Crippen molar-refractivity contribution in [2.24, 2.45) is 0 Å². The second-order valence-electron chi connectivity index (χ2n) is 4.45. The van der Waals surface area contributed by atoms with Crippen molar-refractivity contribution >= 4 is 12.0 Å². The molecule has 1 fully saturated rings. The summed E-state index contributed by atoms with van der Waals surface area (Å²) in [6.45, 7) is 1.94. The average molecular weight is 278 g/mol. The summed E-state index contributed by atoms with van der Waals surface area (Å²) in [4.78, 5) is 27.1. The van der Waals surface area contributed by atoms with Gasteiger partial charge in [-0.1, -0.05) is 12.1 Å². The van der Waals surface area contributed by atoms with Gasteiger partial charge in [-0.25, -0.2) is 4.79 Å². The monoisotopic (exact) mass is 278 g/mol. The van der Waals surface area contributed by atoms with Crippen LogP contribution in [0.4, 0.5) is 4.79 Å². The molecule has 6 heteroatoms. The van der Waals surface area contributed by atoms with Gasteiger partial charge in [-0.05, 0) is 12.1 Å². The number of methoxy groups -OCH3 is 2. The predicted octanol–water partition coefficient (Wildman–Crippen LogP) is 1.22. The highest BCUT2D eigenvalue weighted by Gasteiger charge is 2.26. The second-order valence-corrected chi connectivity index (χ2v) is 4.45. The molecule has 1 heterocycles. The fourth-order valence-electron chi connectivity index (χ4n) is 2.21. The molecule has 1 aromatic carbocycles. The van der Waals surface area contributed by atoms with E-state index in [4.69, 9.17) is 4.74 Å². The SMILES string of the molecule is COC(=O)N1CCN(C(=O)c2ccccc2OC)CC1. The smallest absolute Gasteiger partial charge is 0.409 e. The van der Waals surface area contributed by atoms with Gasteiger partial charge in [0.2, 0.25) is 0 Å². The van der Waals surface area contributed by atoms with Crippen molar-refractivity contribution in [2.75, 3.05) is 40.4 Å². The van der Waals surface area contributed by atoms with Crippen molar-refractivity contribution in [3.8, 4) is 5.75 Å². The van der Waals surface area contributed by atoms with Crippen LogP contribution in [0.25, 0.3) is 0 Å². The van der Waals surface area contributed by atoms with Crippen LogP contribution in [-0.2, 0) is 4.74 Å². The molecule has 1 saturated heterocycles. The van der Waals surface area contributed by atoms with Crippen molar-refractivity contribution in [1.82, 2.24) is 9.80 Å². The summed E-state index contributed by atoms with van der Waals surface area (Å²) < 4.78 is 9.87. The molecule has 0 bridgehead atoms. The van der Waals surface area contributed by atoms with Crippen LogP contribution in [0.5, 0.6) is 5.75 Å². The Bertz CT molecular complexity index is 496. The maximum absolute atomic E-state index is 12.4. The number of rotatable bonds is 2. The molecule has 0 aromatic heterocycles. The number of piperazine rings is 1. The van der Waals surface area contributed by atoms with Gasteiger partial charge < -0.3 is 19.3 Å². The van der Waals surface area contributed by atoms with Gasteiger partial charge in [-0.2, -0.15) is 0 Å². The minimum Gasteiger partial charge on any atom is -0.496 e. The average Bonchev–Trinajstić information content (AvgIpc) is 2.53. The van der Waals surface area contributed by atoms with Crippen LogP contribution in [0.1, 0.15) is 10.4 Å². The summed E-state index contributed by atoms with van der Waals surface area (Å²) in [6, 6.07) is 7.14. The van der Waals surface area contributed by atoms with Gasteiger partial charge >= 0.3 is 6.09 Å². The molecule has 0 unspecified atom stereocenters. The molecule has 0 radical (unpaired) electrons. The summed E-state index contributed by atoms with van der Waals surface area (Å²) in [7, 11) is 2.90. The number of ether oxygens (including phenoxy) is 2. The molecular weight excluding hydrogens is 260 g/mol. The topological polar surface area (TPSA) is 59.1 Å². The number of carbonyl (C=O) groups excluding carboxylic acids is 2. The van der Waals surface area contributed by atoms with Crippen LogP contribution in [-0.4, -0.2) is 62.2 Å². The van der Waals surface area contributed by atoms with Gasteiger partial charge in [-0.15, -0.1) is 0 Å². The molecule has 0 atom stereocenters. The Morgan fingerprint density at radius 3 is 2.20 bits per heavy atom. The van der Waals surface area contributed by atoms with Crippen LogP contribution in [0.15, 0.2) is 24.3 Å². The van der Waals surface area contributed by atoms with E-state index in [-0.39, 0.29) is 12.0 Å². The number of para-hydroxylation sites is 1. The molecule has 1 aliphatic rings. The van der Waals surface area contributed by atoms with Crippen molar-refractivity contribution in [1.29, 1.82) is 0 Å². The first-order valence-corrected chi connectivity index (χ1v) is 6.42. The lowest BCUT2D eigenvalue weighted by Crippen LogP contribution is -2.50. The summed E-state index contributed by atoms with van der Waals surface area (Å²) in [5.74, 6) is 0.486. The van der Waals surface area contributed by atoms with Gasteiger partial charge in [0, 0.05) is 26.2 Å². The zero-order valence-electron chi connectivity index (χ0n) is 11.7. The zero-order chi connectivity index (χ0) is 14.5. The molecule has 0 N–H and O–H groups in total. The van der Waals surface area contributed by atoms with Gasteiger partial charge in [-0.3, -0.25) is 4.79 Å². The molecule has 20 heavy (non-hydrogen) atoms. The van der Waals surface area contributed by atoms with Gasteiger partial charge in [0.1, 0.15) is 5.75 Å². The Morgan fingerprint density at radius 2 is 1.60 bits per heavy atom. The largest absolute Gasteiger partial charge is 0.496 e. The number of carbonyl (C=O) groups is 2. The van der Waals surface area contributed by atoms with E-state index in [9.17, 15) is 9.59 Å². The minimum absolute atomic E-state index is 0.0769. The molecule has 1 aliphatic heterocycles. The third-order valence-corrected chi connectivity index (χ3v) is 3.34. The Labute approximate surface area is 117 Å². The van der Waals surface area contributed by atoms with Gasteiger partial charge in [0.05, 0.1) is 19.8 Å². The molecule has 6 nitrogen and oxygen atoms in total. The number of amides is 2. The van der Waals surface area contributed by atoms with Crippen molar-refractivity contribution in [3.05, 3.63) is 29.8 Å². The molecule has 1 aromatic rings. The molecule has 2 rings (SSSR count). The van der Waals surface area contributed by atoms with Crippen LogP contribution >= 0.6 is 0 Å². The quantitative estimate of drug-likeness (QED) is 0.816. The standard InChI is InChI=1S/C14H18N2O4/c1-19-12-6-4-3-5-11(12)13(17)15-7-9-16(10-8-15)14(18)20-2/h3-6H,7-10H2,1-2H3. The summed E-state index contributed by atoms with van der Waals surface area (Å²) in [5, 5.41) is 0. The van der Waals surface area contributed by atoms with E-state index in [0.717, 1.165) is 0 Å². The molecule has 0 saturated carbocycles. The summed E-state index contributed by atoms with van der Waals surface area (Å²) >= 11 is 0. The predicted molar refractivity (Wildman–Crippen MR) is 72.9 cm³/mol. The fraction of sp³-hybridized carbons (Fsp3) is 0.429. The summed E-state index contributed by atoms with van der Waals surface area (Å²) in [6.07, 6.45) is -0.352. The van der Waals surface area contributed by atoms with E-state index in [2.05, 4.69) is 4.74 Å². The number of hydrogen-bond donors (Lipinski definition) is 0. The highest BCUT2D eigenvalue weighted by atomic mass is 16.5. The highest BCUT2D eigenvalue weighted by Crippen LogP contribution is 2.20. The van der Waals surface area contributed by atoms with E-state index in [1.165, 1.54) is 7.11 Å². The molecule has 0 spiro atoms. The third kappa shape index (κ3) is 2.84. The first kappa shape index (κ1) is 14.2. The molecule has 0 aliphatic carbocycles. The van der Waals surface area contributed by atoms with Crippen LogP contribution in [0.3, 0.4) is 0 Å². The normalized spacial score (nSPS) is 14.9. The lowest BCUT2D eigenvalue weighted by Gasteiger charge is -2.34. The van der Waals surface area contributed by atoms with Gasteiger partial charge in [0.15, 0.2) is 0 Å². The first-order chi connectivity index (χ1) is 9.67. The van der Waals surface area contributed by atoms with Gasteiger partial charge in [0.25, 0.3) is 5.91 Å². The first-order valence-electron chi connectivity index (χ1n) is 6.42. The highest BCUT2D eigenvalue weighted by molar-refractivity contribution is 5.97. The number of benzene rings is 1. The van der Waals surface area contributed by atoms with Crippen molar-refractivity contribution in [3.63, 3.8) is 0 Å². The van der Waals surface area contributed by atoms with Crippen LogP contribution in [0, 0.1) is 0 Å². The van der Waals surface area contributed by atoms with Crippen molar-refractivity contribution < 1.29 is 19.1 Å². The summed E-state index contributed by atoms with van der Waals surface area (Å²) in [5.41, 5.74) is 0.543. The molecule has 2 amide bonds. The fourth-order valence-corrected chi connectivity index (χ4v) is 2.21. The molecular formula is C14H18N2O4. The van der Waals surface area contributed by atoms with E-state index in [1.54, 1.807) is 35.1 Å². The van der Waals surface area contributed by atoms with Crippen LogP contribution in [0.2, 0.25) is 0 Å². The Kier molecular flexibility index (Phi) is 4.45. The van der Waals surface area contributed by atoms with Crippen molar-refractivity contribution in [2.45, 2.75) is 0 Å². The van der Waals surface area contributed by atoms with E-state index in [0.29, 0.717) is 37.5 Å². The van der Waals surface area contributed by atoms with E-state index in [1.807, 2.05) is 6.07 Å². The molecule has 108 valence electrons. The second kappa shape index (κ2) is 6.27. The zero-order valence-corrected chi connectivity index (χ0v) is 11.7. The van der Waals surface area contributed by atoms with Crippen LogP contribution < -0.4 is 4.74 Å². The number of nitrogens with zero attached hydrogens (tertiary/aromatic N) is 2. The lowest BCUT2D eigenvalue weighted by atomic mass is 10.1. The maximum Gasteiger partial charge on any atom is 0.409 e. The third-order valence-electron chi connectivity index (χ3n) is 3.34. The Balaban J connectivity index is 2.03. The lowest BCUT2D eigenvalue weighted by molar-refractivity contribution is 0.0597. The Morgan fingerprint density at radius 1 is 1.00 bits per heavy atom.